The summed E-state index contributed by atoms with van der Waals surface area (Å²) >= 11 is 1.34. The van der Waals surface area contributed by atoms with Crippen molar-refractivity contribution in [2.24, 2.45) is 0 Å². The van der Waals surface area contributed by atoms with Crippen LogP contribution in [0.4, 0.5) is 5.69 Å². The fourth-order valence-electron chi connectivity index (χ4n) is 6.14. The lowest BCUT2D eigenvalue weighted by Crippen LogP contribution is -2.36. The molecule has 3 aromatic carbocycles. The van der Waals surface area contributed by atoms with Crippen LogP contribution in [0, 0.1) is 0 Å². The molecule has 5 aromatic rings. The normalized spacial score (nSPS) is 15.5. The zero-order chi connectivity index (χ0) is 28.2. The molecule has 7 heteroatoms. The lowest BCUT2D eigenvalue weighted by Gasteiger charge is -2.15. The Bertz CT molecular complexity index is 2040. The van der Waals surface area contributed by atoms with E-state index >= 15 is 0 Å². The number of aromatic nitrogens is 2. The summed E-state index contributed by atoms with van der Waals surface area (Å²) in [5, 5.41) is 12.0. The molecule has 1 aliphatic rings. The summed E-state index contributed by atoms with van der Waals surface area (Å²) < 4.78 is 7.09. The lowest BCUT2D eigenvalue weighted by molar-refractivity contribution is -0.432. The minimum Gasteiger partial charge on any atom is -0.480 e. The van der Waals surface area contributed by atoms with Gasteiger partial charge in [0, 0.05) is 46.1 Å². The van der Waals surface area contributed by atoms with Crippen LogP contribution in [0.15, 0.2) is 71.5 Å². The second-order valence-corrected chi connectivity index (χ2v) is 11.8. The van der Waals surface area contributed by atoms with Gasteiger partial charge in [0.2, 0.25) is 5.69 Å². The van der Waals surface area contributed by atoms with E-state index in [0.29, 0.717) is 9.20 Å². The topological polar surface area (TPSA) is 67.2 Å². The maximum atomic E-state index is 13.6. The van der Waals surface area contributed by atoms with Gasteiger partial charge < -0.3 is 9.67 Å². The van der Waals surface area contributed by atoms with Crippen LogP contribution in [-0.4, -0.2) is 37.0 Å². The molecular formula is C33H32N3O3S+. The summed E-state index contributed by atoms with van der Waals surface area (Å²) in [6.07, 6.45) is 3.89. The molecule has 6 rings (SSSR count). The number of carboxylic acid groups (broad SMARTS) is 1. The molecule has 40 heavy (non-hydrogen) atoms. The number of aryl methyl sites for hydroxylation is 1. The molecule has 3 heterocycles. The van der Waals surface area contributed by atoms with Crippen LogP contribution in [0.3, 0.4) is 0 Å². The Hall–Kier alpha value is -4.23. The van der Waals surface area contributed by atoms with E-state index in [1.54, 1.807) is 0 Å². The van der Waals surface area contributed by atoms with Crippen molar-refractivity contribution >= 4 is 62.7 Å². The quantitative estimate of drug-likeness (QED) is 0.308. The second-order valence-electron chi connectivity index (χ2n) is 10.7. The molecule has 0 atom stereocenters. The Morgan fingerprint density at radius 1 is 0.950 bits per heavy atom. The lowest BCUT2D eigenvalue weighted by atomic mass is 9.81. The number of aliphatic carboxylic acids is 1. The predicted molar refractivity (Wildman–Crippen MR) is 164 cm³/mol. The highest BCUT2D eigenvalue weighted by atomic mass is 32.1. The zero-order valence-electron chi connectivity index (χ0n) is 23.1. The van der Waals surface area contributed by atoms with Crippen molar-refractivity contribution in [2.45, 2.75) is 46.2 Å². The van der Waals surface area contributed by atoms with Crippen LogP contribution in [-0.2, 0) is 23.3 Å². The van der Waals surface area contributed by atoms with Gasteiger partial charge in [-0.15, -0.1) is 11.3 Å². The maximum Gasteiger partial charge on any atom is 0.323 e. The van der Waals surface area contributed by atoms with Gasteiger partial charge in [-0.2, -0.15) is 4.58 Å². The summed E-state index contributed by atoms with van der Waals surface area (Å²) in [4.78, 5) is 25.4. The summed E-state index contributed by atoms with van der Waals surface area (Å²) in [6, 6.07) is 23.0. The number of fused-ring (bicyclic) bond motifs is 4. The number of carbonyl (C=O) groups is 1. The van der Waals surface area contributed by atoms with Crippen LogP contribution in [0.5, 0.6) is 0 Å². The minimum atomic E-state index is -1.04. The van der Waals surface area contributed by atoms with E-state index in [1.165, 1.54) is 32.4 Å². The zero-order valence-corrected chi connectivity index (χ0v) is 24.0. The standard InChI is InChI=1S/C33H31N3O3S/c1-5-34-25-13-9-7-11-22(25)23-17-21(15-16-26(23)34)18-28-32(39)36(20-31(37)38)30(40-28)19-29-33(3,4)24-12-8-10-14-27(24)35(29)6-2/h7-19H,5-6,20H2,1-4H3/p+1. The fraction of sp³-hybridized carbons (Fsp3) is 0.242. The molecule has 0 saturated heterocycles. The average Bonchev–Trinajstić information content (AvgIpc) is 3.49. The van der Waals surface area contributed by atoms with Crippen molar-refractivity contribution in [3.63, 3.8) is 0 Å². The highest BCUT2D eigenvalue weighted by molar-refractivity contribution is 7.07. The van der Waals surface area contributed by atoms with Crippen molar-refractivity contribution in [3.05, 3.63) is 97.4 Å². The number of hydrogen-bond donors (Lipinski definition) is 1. The molecule has 0 unspecified atom stereocenters. The monoisotopic (exact) mass is 550 g/mol. The molecule has 6 nitrogen and oxygen atoms in total. The Kier molecular flexibility index (Phi) is 6.34. The fourth-order valence-corrected chi connectivity index (χ4v) is 7.19. The van der Waals surface area contributed by atoms with Gasteiger partial charge in [-0.3, -0.25) is 14.2 Å². The first kappa shape index (κ1) is 26.0. The maximum absolute atomic E-state index is 13.6. The first-order chi connectivity index (χ1) is 19.2. The molecule has 1 aliphatic heterocycles. The van der Waals surface area contributed by atoms with Crippen LogP contribution >= 0.6 is 11.3 Å². The van der Waals surface area contributed by atoms with E-state index in [-0.39, 0.29) is 17.5 Å². The molecule has 1 N–H and O–H groups in total. The first-order valence-corrected chi connectivity index (χ1v) is 14.5. The first-order valence-electron chi connectivity index (χ1n) is 13.6. The third-order valence-electron chi connectivity index (χ3n) is 8.02. The van der Waals surface area contributed by atoms with E-state index in [9.17, 15) is 14.7 Å². The van der Waals surface area contributed by atoms with E-state index < -0.39 is 5.97 Å². The molecule has 0 fully saturated rings. The molecule has 202 valence electrons. The number of benzene rings is 3. The van der Waals surface area contributed by atoms with Crippen molar-refractivity contribution < 1.29 is 14.5 Å². The number of rotatable bonds is 6. The summed E-state index contributed by atoms with van der Waals surface area (Å²) in [6.45, 7) is 9.85. The third kappa shape index (κ3) is 4.04. The van der Waals surface area contributed by atoms with Crippen molar-refractivity contribution in [1.29, 1.82) is 0 Å². The number of nitrogens with zero attached hydrogens (tertiary/aromatic N) is 3. The Labute approximate surface area is 236 Å². The highest BCUT2D eigenvalue weighted by Gasteiger charge is 2.43. The van der Waals surface area contributed by atoms with Crippen molar-refractivity contribution in [1.82, 2.24) is 9.13 Å². The van der Waals surface area contributed by atoms with E-state index in [4.69, 9.17) is 0 Å². The van der Waals surface area contributed by atoms with Crippen LogP contribution in [0.25, 0.3) is 34.0 Å². The Balaban J connectivity index is 1.56. The van der Waals surface area contributed by atoms with Gasteiger partial charge in [0.05, 0.1) is 9.95 Å². The Morgan fingerprint density at radius 2 is 1.68 bits per heavy atom. The largest absolute Gasteiger partial charge is 0.480 e. The second kappa shape index (κ2) is 9.75. The Morgan fingerprint density at radius 3 is 2.42 bits per heavy atom. The molecular weight excluding hydrogens is 518 g/mol. The van der Waals surface area contributed by atoms with Gasteiger partial charge in [0.1, 0.15) is 17.8 Å². The van der Waals surface area contributed by atoms with Gasteiger partial charge in [-0.25, -0.2) is 0 Å². The molecule has 0 amide bonds. The number of carboxylic acids is 1. The van der Waals surface area contributed by atoms with E-state index in [1.807, 2.05) is 36.4 Å². The number of thiazole rings is 1. The van der Waals surface area contributed by atoms with Gasteiger partial charge in [-0.05, 0) is 57.5 Å². The van der Waals surface area contributed by atoms with Crippen LogP contribution < -0.4 is 14.8 Å². The number of para-hydroxylation sites is 2. The summed E-state index contributed by atoms with van der Waals surface area (Å²) in [5.41, 5.74) is 6.10. The summed E-state index contributed by atoms with van der Waals surface area (Å²) in [5.74, 6) is -1.04. The minimum absolute atomic E-state index is 0.285. The van der Waals surface area contributed by atoms with Crippen molar-refractivity contribution in [2.75, 3.05) is 6.54 Å². The van der Waals surface area contributed by atoms with E-state index in [2.05, 4.69) is 79.3 Å². The van der Waals surface area contributed by atoms with Gasteiger partial charge in [-0.1, -0.05) is 42.5 Å². The third-order valence-corrected chi connectivity index (χ3v) is 9.08. The average molecular weight is 551 g/mol. The van der Waals surface area contributed by atoms with Gasteiger partial charge >= 0.3 is 5.97 Å². The van der Waals surface area contributed by atoms with Gasteiger partial charge in [0.25, 0.3) is 5.56 Å². The molecule has 2 aromatic heterocycles. The predicted octanol–water partition coefficient (Wildman–Crippen LogP) is 4.83. The van der Waals surface area contributed by atoms with Crippen LogP contribution in [0.2, 0.25) is 0 Å². The highest BCUT2D eigenvalue weighted by Crippen LogP contribution is 2.39. The van der Waals surface area contributed by atoms with E-state index in [0.717, 1.165) is 41.0 Å². The van der Waals surface area contributed by atoms with Crippen LogP contribution in [0.1, 0.15) is 38.8 Å². The van der Waals surface area contributed by atoms with Gasteiger partial charge in [0.15, 0.2) is 5.71 Å². The molecule has 0 bridgehead atoms. The molecule has 0 radical (unpaired) electrons. The summed E-state index contributed by atoms with van der Waals surface area (Å²) in [7, 11) is 0. The molecule has 0 aliphatic carbocycles. The SMILES string of the molecule is CCn1c2ccccc2c2cc(C=c3sc(=CC4=[N+](CC)c5ccccc5C4(C)C)n(CC(=O)O)c3=O)ccc21. The molecule has 0 saturated carbocycles. The van der Waals surface area contributed by atoms with Crippen molar-refractivity contribution in [3.8, 4) is 0 Å². The smallest absolute Gasteiger partial charge is 0.323 e. The number of hydrogen-bond acceptors (Lipinski definition) is 3. The molecule has 0 spiro atoms.